The molecule has 2 aliphatic carbocycles. The topological polar surface area (TPSA) is 89.2 Å². The summed E-state index contributed by atoms with van der Waals surface area (Å²) in [5.74, 6) is 0.670. The fourth-order valence-corrected chi connectivity index (χ4v) is 6.07. The number of rotatable bonds is 5. The third-order valence-corrected chi connectivity index (χ3v) is 7.82. The maximum atomic E-state index is 13.0. The zero-order valence-corrected chi connectivity index (χ0v) is 19.9. The molecular formula is C26H32N6O2. The molecule has 0 aliphatic heterocycles. The zero-order chi connectivity index (χ0) is 23.2. The lowest BCUT2D eigenvalue weighted by atomic mass is 9.90. The minimum atomic E-state index is -0.0111. The second-order valence-electron chi connectivity index (χ2n) is 9.96. The van der Waals surface area contributed by atoms with Crippen LogP contribution in [0.3, 0.4) is 0 Å². The maximum Gasteiger partial charge on any atom is 0.326 e. The Kier molecular flexibility index (Phi) is 5.40. The monoisotopic (exact) mass is 460 g/mol. The molecule has 0 saturated heterocycles. The van der Waals surface area contributed by atoms with Crippen LogP contribution in [-0.4, -0.2) is 43.3 Å². The Bertz CT molecular complexity index is 1390. The summed E-state index contributed by atoms with van der Waals surface area (Å²) in [5.41, 5.74) is 5.66. The van der Waals surface area contributed by atoms with Gasteiger partial charge in [-0.05, 0) is 74.8 Å². The summed E-state index contributed by atoms with van der Waals surface area (Å²) in [5, 5.41) is 8.15. The Labute approximate surface area is 198 Å². The van der Waals surface area contributed by atoms with Crippen LogP contribution in [0.5, 0.6) is 5.75 Å². The molecule has 178 valence electrons. The lowest BCUT2D eigenvalue weighted by Crippen LogP contribution is -2.40. The minimum absolute atomic E-state index is 0.0111. The van der Waals surface area contributed by atoms with Gasteiger partial charge in [-0.3, -0.25) is 4.57 Å². The Morgan fingerprint density at radius 3 is 2.59 bits per heavy atom. The molecule has 8 heteroatoms. The van der Waals surface area contributed by atoms with E-state index < -0.39 is 0 Å². The van der Waals surface area contributed by atoms with Crippen molar-refractivity contribution >= 4 is 16.7 Å². The van der Waals surface area contributed by atoms with Gasteiger partial charge in [-0.2, -0.15) is 5.10 Å². The third-order valence-electron chi connectivity index (χ3n) is 7.82. The van der Waals surface area contributed by atoms with E-state index in [4.69, 9.17) is 4.74 Å². The summed E-state index contributed by atoms with van der Waals surface area (Å²) < 4.78 is 9.26. The van der Waals surface area contributed by atoms with Crippen LogP contribution in [-0.2, 0) is 0 Å². The number of hydrogen-bond donors (Lipinski definition) is 2. The first-order chi connectivity index (χ1) is 16.6. The summed E-state index contributed by atoms with van der Waals surface area (Å²) in [6.07, 6.45) is 13.2. The number of nitrogens with one attached hydrogen (secondary N) is 2. The van der Waals surface area contributed by atoms with Crippen LogP contribution in [0.25, 0.3) is 27.8 Å². The largest absolute Gasteiger partial charge is 0.493 e. The molecule has 2 saturated carbocycles. The quantitative estimate of drug-likeness (QED) is 0.462. The van der Waals surface area contributed by atoms with E-state index in [9.17, 15) is 4.79 Å². The number of pyridine rings is 1. The number of methoxy groups -OCH3 is 1. The van der Waals surface area contributed by atoms with Crippen molar-refractivity contribution in [1.29, 1.82) is 0 Å². The summed E-state index contributed by atoms with van der Waals surface area (Å²) in [6.45, 7) is 2.09. The molecule has 0 unspecified atom stereocenters. The minimum Gasteiger partial charge on any atom is -0.493 e. The van der Waals surface area contributed by atoms with Crippen LogP contribution in [0, 0.1) is 6.92 Å². The number of ether oxygens (including phenoxy) is 1. The average molecular weight is 461 g/mol. The van der Waals surface area contributed by atoms with Gasteiger partial charge in [-0.15, -0.1) is 0 Å². The average Bonchev–Trinajstić information content (AvgIpc) is 3.58. The normalized spacial score (nSPS) is 21.6. The summed E-state index contributed by atoms with van der Waals surface area (Å²) in [4.78, 5) is 20.4. The van der Waals surface area contributed by atoms with E-state index in [1.807, 2.05) is 16.8 Å². The van der Waals surface area contributed by atoms with Crippen LogP contribution >= 0.6 is 0 Å². The summed E-state index contributed by atoms with van der Waals surface area (Å²) >= 11 is 0. The number of H-pyrrole nitrogens is 1. The molecule has 0 radical (unpaired) electrons. The summed E-state index contributed by atoms with van der Waals surface area (Å²) in [6, 6.07) is 7.74. The van der Waals surface area contributed by atoms with Gasteiger partial charge in [-0.25, -0.2) is 14.3 Å². The Hall–Kier alpha value is -3.13. The molecular weight excluding hydrogens is 428 g/mol. The highest BCUT2D eigenvalue weighted by atomic mass is 16.5. The first-order valence-corrected chi connectivity index (χ1v) is 12.5. The van der Waals surface area contributed by atoms with Crippen molar-refractivity contribution in [3.8, 4) is 16.9 Å². The molecule has 1 aromatic carbocycles. The van der Waals surface area contributed by atoms with E-state index in [-0.39, 0.29) is 11.7 Å². The zero-order valence-electron chi connectivity index (χ0n) is 19.9. The van der Waals surface area contributed by atoms with E-state index in [1.165, 1.54) is 32.0 Å². The van der Waals surface area contributed by atoms with E-state index in [2.05, 4.69) is 39.4 Å². The fourth-order valence-electron chi connectivity index (χ4n) is 6.07. The van der Waals surface area contributed by atoms with Crippen LogP contribution in [0.2, 0.25) is 0 Å². The second-order valence-corrected chi connectivity index (χ2v) is 9.96. The number of aromatic amines is 1. The highest BCUT2D eigenvalue weighted by Crippen LogP contribution is 2.34. The lowest BCUT2D eigenvalue weighted by molar-refractivity contribution is 0.274. The highest BCUT2D eigenvalue weighted by molar-refractivity contribution is 5.85. The van der Waals surface area contributed by atoms with Crippen molar-refractivity contribution in [3.05, 3.63) is 46.8 Å². The Morgan fingerprint density at radius 2 is 1.82 bits per heavy atom. The molecule has 2 fully saturated rings. The van der Waals surface area contributed by atoms with Gasteiger partial charge in [0.15, 0.2) is 11.4 Å². The number of aromatic nitrogens is 5. The van der Waals surface area contributed by atoms with Crippen molar-refractivity contribution < 1.29 is 4.74 Å². The fraction of sp³-hybridized carbons (Fsp3) is 0.500. The van der Waals surface area contributed by atoms with Crippen LogP contribution in [0.15, 0.2) is 35.5 Å². The smallest absolute Gasteiger partial charge is 0.326 e. The SMILES string of the molecule is COc1cc(-c2cc3[nH]c(=O)n(C4CCC(NC5CCCC5)CC4)c3cc2C)cn2ncnc12. The third kappa shape index (κ3) is 3.70. The van der Waals surface area contributed by atoms with Crippen LogP contribution < -0.4 is 15.7 Å². The van der Waals surface area contributed by atoms with Crippen molar-refractivity contribution in [2.24, 2.45) is 0 Å². The van der Waals surface area contributed by atoms with Crippen molar-refractivity contribution in [1.82, 2.24) is 29.5 Å². The van der Waals surface area contributed by atoms with Gasteiger partial charge in [0.05, 0.1) is 18.1 Å². The van der Waals surface area contributed by atoms with E-state index in [1.54, 1.807) is 11.6 Å². The summed E-state index contributed by atoms with van der Waals surface area (Å²) in [7, 11) is 1.64. The molecule has 3 heterocycles. The molecule has 0 atom stereocenters. The number of aryl methyl sites for hydroxylation is 1. The van der Waals surface area contributed by atoms with E-state index >= 15 is 0 Å². The van der Waals surface area contributed by atoms with Gasteiger partial charge in [0.25, 0.3) is 0 Å². The number of nitrogens with zero attached hydrogens (tertiary/aromatic N) is 4. The molecule has 3 aromatic heterocycles. The number of benzene rings is 1. The highest BCUT2D eigenvalue weighted by Gasteiger charge is 2.27. The van der Waals surface area contributed by atoms with Gasteiger partial charge in [0.2, 0.25) is 0 Å². The Morgan fingerprint density at radius 1 is 1.06 bits per heavy atom. The van der Waals surface area contributed by atoms with Crippen molar-refractivity contribution in [2.45, 2.75) is 76.4 Å². The van der Waals surface area contributed by atoms with Gasteiger partial charge in [0.1, 0.15) is 6.33 Å². The molecule has 0 amide bonds. The molecule has 2 aliphatic rings. The number of hydrogen-bond acceptors (Lipinski definition) is 5. The molecule has 6 rings (SSSR count). The number of imidazole rings is 1. The molecule has 4 aromatic rings. The van der Waals surface area contributed by atoms with Gasteiger partial charge in [-0.1, -0.05) is 12.8 Å². The predicted octanol–water partition coefficient (Wildman–Crippen LogP) is 4.37. The molecule has 0 spiro atoms. The second kappa shape index (κ2) is 8.58. The van der Waals surface area contributed by atoms with Gasteiger partial charge >= 0.3 is 5.69 Å². The molecule has 8 nitrogen and oxygen atoms in total. The first-order valence-electron chi connectivity index (χ1n) is 12.5. The van der Waals surface area contributed by atoms with E-state index in [0.717, 1.165) is 53.4 Å². The molecule has 2 N–H and O–H groups in total. The van der Waals surface area contributed by atoms with Gasteiger partial charge < -0.3 is 15.0 Å². The van der Waals surface area contributed by atoms with Crippen molar-refractivity contribution in [2.75, 3.05) is 7.11 Å². The number of fused-ring (bicyclic) bond motifs is 2. The lowest BCUT2D eigenvalue weighted by Gasteiger charge is -2.31. The molecule has 0 bridgehead atoms. The predicted molar refractivity (Wildman–Crippen MR) is 133 cm³/mol. The van der Waals surface area contributed by atoms with Crippen LogP contribution in [0.1, 0.15) is 63.0 Å². The maximum absolute atomic E-state index is 13.0. The Balaban J connectivity index is 1.30. The van der Waals surface area contributed by atoms with Crippen molar-refractivity contribution in [3.63, 3.8) is 0 Å². The molecule has 34 heavy (non-hydrogen) atoms. The van der Waals surface area contributed by atoms with Gasteiger partial charge in [0, 0.05) is 29.9 Å². The van der Waals surface area contributed by atoms with E-state index in [0.29, 0.717) is 23.5 Å². The van der Waals surface area contributed by atoms with Crippen LogP contribution in [0.4, 0.5) is 0 Å². The standard InChI is InChI=1S/C26H32N6O2/c1-16-11-23-22(13-21(16)17-12-24(34-2)25-27-15-28-31(25)14-17)30-26(33)32(23)20-9-7-19(8-10-20)29-18-5-3-4-6-18/h11-15,18-20,29H,3-10H2,1-2H3,(H,30,33). The first kappa shape index (κ1) is 21.4.